The van der Waals surface area contributed by atoms with Crippen LogP contribution in [0.4, 0.5) is 4.39 Å². The molecule has 1 aliphatic heterocycles. The molecule has 1 fully saturated rings. The van der Waals surface area contributed by atoms with Crippen molar-refractivity contribution in [3.05, 3.63) is 40.8 Å². The molecule has 3 nitrogen and oxygen atoms in total. The summed E-state index contributed by atoms with van der Waals surface area (Å²) in [4.78, 5) is 20.1. The molecule has 22 heavy (non-hydrogen) atoms. The van der Waals surface area contributed by atoms with E-state index in [-0.39, 0.29) is 17.8 Å². The summed E-state index contributed by atoms with van der Waals surface area (Å²) in [5.41, 5.74) is 1.35. The van der Waals surface area contributed by atoms with Crippen LogP contribution < -0.4 is 0 Å². The Morgan fingerprint density at radius 2 is 2.05 bits per heavy atom. The SMILES string of the molecule is Cc1nc(C(=O)N2CCCCC2C)c(-c2ccc(F)cc2)s1. The molecule has 1 saturated heterocycles. The third-order valence-corrected chi connectivity index (χ3v) is 5.13. The summed E-state index contributed by atoms with van der Waals surface area (Å²) in [6.07, 6.45) is 3.26. The number of benzene rings is 1. The van der Waals surface area contributed by atoms with Gasteiger partial charge in [0.15, 0.2) is 0 Å². The number of hydrogen-bond donors (Lipinski definition) is 0. The van der Waals surface area contributed by atoms with Crippen LogP contribution in [-0.2, 0) is 0 Å². The zero-order valence-electron chi connectivity index (χ0n) is 12.8. The number of likely N-dealkylation sites (tertiary alicyclic amines) is 1. The Labute approximate surface area is 133 Å². The van der Waals surface area contributed by atoms with E-state index in [2.05, 4.69) is 11.9 Å². The topological polar surface area (TPSA) is 33.2 Å². The first-order valence-electron chi connectivity index (χ1n) is 7.60. The predicted octanol–water partition coefficient (Wildman–Crippen LogP) is 4.27. The van der Waals surface area contributed by atoms with Crippen LogP contribution >= 0.6 is 11.3 Å². The highest BCUT2D eigenvalue weighted by molar-refractivity contribution is 7.15. The van der Waals surface area contributed by atoms with Gasteiger partial charge in [0.25, 0.3) is 5.91 Å². The molecule has 3 rings (SSSR count). The second kappa shape index (κ2) is 6.16. The van der Waals surface area contributed by atoms with Crippen molar-refractivity contribution in [2.45, 2.75) is 39.2 Å². The standard InChI is InChI=1S/C17H19FN2OS/c1-11-5-3-4-10-20(11)17(21)15-16(22-12(2)19-15)13-6-8-14(18)9-7-13/h6-9,11H,3-5,10H2,1-2H3. The van der Waals surface area contributed by atoms with Crippen LogP contribution in [0.2, 0.25) is 0 Å². The lowest BCUT2D eigenvalue weighted by atomic mass is 10.0. The molecule has 1 atom stereocenters. The fraction of sp³-hybridized carbons (Fsp3) is 0.412. The number of nitrogens with zero attached hydrogens (tertiary/aromatic N) is 2. The van der Waals surface area contributed by atoms with Gasteiger partial charge in [-0.1, -0.05) is 12.1 Å². The summed E-state index contributed by atoms with van der Waals surface area (Å²) in [6.45, 7) is 4.78. The van der Waals surface area contributed by atoms with E-state index in [1.54, 1.807) is 12.1 Å². The van der Waals surface area contributed by atoms with E-state index in [1.807, 2.05) is 11.8 Å². The van der Waals surface area contributed by atoms with E-state index in [0.717, 1.165) is 34.8 Å². The second-order valence-corrected chi connectivity index (χ2v) is 6.96. The number of hydrogen-bond acceptors (Lipinski definition) is 3. The van der Waals surface area contributed by atoms with Gasteiger partial charge in [-0.25, -0.2) is 9.37 Å². The molecule has 1 aromatic carbocycles. The van der Waals surface area contributed by atoms with Crippen LogP contribution in [0.15, 0.2) is 24.3 Å². The highest BCUT2D eigenvalue weighted by Crippen LogP contribution is 2.32. The highest BCUT2D eigenvalue weighted by Gasteiger charge is 2.28. The van der Waals surface area contributed by atoms with Gasteiger partial charge in [0.1, 0.15) is 11.5 Å². The quantitative estimate of drug-likeness (QED) is 0.828. The molecule has 0 radical (unpaired) electrons. The molecule has 1 aromatic heterocycles. The molecular formula is C17H19FN2OS. The first-order chi connectivity index (χ1) is 10.6. The lowest BCUT2D eigenvalue weighted by Crippen LogP contribution is -2.42. The molecule has 1 unspecified atom stereocenters. The van der Waals surface area contributed by atoms with E-state index in [0.29, 0.717) is 5.69 Å². The summed E-state index contributed by atoms with van der Waals surface area (Å²) < 4.78 is 13.1. The van der Waals surface area contributed by atoms with Crippen LogP contribution in [0.5, 0.6) is 0 Å². The van der Waals surface area contributed by atoms with Gasteiger partial charge in [-0.15, -0.1) is 11.3 Å². The molecule has 0 saturated carbocycles. The predicted molar refractivity (Wildman–Crippen MR) is 86.6 cm³/mol. The summed E-state index contributed by atoms with van der Waals surface area (Å²) in [5.74, 6) is -0.279. The molecule has 116 valence electrons. The smallest absolute Gasteiger partial charge is 0.274 e. The molecule has 1 amide bonds. The van der Waals surface area contributed by atoms with Crippen molar-refractivity contribution in [1.82, 2.24) is 9.88 Å². The van der Waals surface area contributed by atoms with Crippen LogP contribution in [0.25, 0.3) is 10.4 Å². The fourth-order valence-electron chi connectivity index (χ4n) is 2.90. The summed E-state index contributed by atoms with van der Waals surface area (Å²) in [7, 11) is 0. The number of amides is 1. The van der Waals surface area contributed by atoms with Gasteiger partial charge in [-0.3, -0.25) is 4.79 Å². The van der Waals surface area contributed by atoms with Crippen molar-refractivity contribution >= 4 is 17.2 Å². The van der Waals surface area contributed by atoms with Crippen LogP contribution in [0.1, 0.15) is 41.7 Å². The Morgan fingerprint density at radius 3 is 2.73 bits per heavy atom. The first-order valence-corrected chi connectivity index (χ1v) is 8.42. The van der Waals surface area contributed by atoms with Crippen molar-refractivity contribution in [3.8, 4) is 10.4 Å². The van der Waals surface area contributed by atoms with Crippen molar-refractivity contribution in [1.29, 1.82) is 0 Å². The molecule has 0 spiro atoms. The summed E-state index contributed by atoms with van der Waals surface area (Å²) in [5, 5.41) is 0.854. The molecule has 5 heteroatoms. The third kappa shape index (κ3) is 2.90. The Hall–Kier alpha value is -1.75. The van der Waals surface area contributed by atoms with Crippen LogP contribution in [0.3, 0.4) is 0 Å². The number of piperidine rings is 1. The first kappa shape index (κ1) is 15.2. The zero-order valence-corrected chi connectivity index (χ0v) is 13.6. The molecule has 1 aliphatic rings. The van der Waals surface area contributed by atoms with Gasteiger partial charge in [-0.05, 0) is 50.8 Å². The van der Waals surface area contributed by atoms with Gasteiger partial charge >= 0.3 is 0 Å². The largest absolute Gasteiger partial charge is 0.335 e. The Morgan fingerprint density at radius 1 is 1.32 bits per heavy atom. The number of aryl methyl sites for hydroxylation is 1. The zero-order chi connectivity index (χ0) is 15.7. The number of rotatable bonds is 2. The Bertz CT molecular complexity index is 680. The van der Waals surface area contributed by atoms with Gasteiger partial charge in [0.2, 0.25) is 0 Å². The average molecular weight is 318 g/mol. The van der Waals surface area contributed by atoms with E-state index in [4.69, 9.17) is 0 Å². The van der Waals surface area contributed by atoms with E-state index in [9.17, 15) is 9.18 Å². The van der Waals surface area contributed by atoms with Crippen molar-refractivity contribution in [2.24, 2.45) is 0 Å². The second-order valence-electron chi connectivity index (χ2n) is 5.76. The maximum atomic E-state index is 13.1. The van der Waals surface area contributed by atoms with E-state index >= 15 is 0 Å². The minimum Gasteiger partial charge on any atom is -0.335 e. The van der Waals surface area contributed by atoms with Crippen molar-refractivity contribution in [3.63, 3.8) is 0 Å². The number of carbonyl (C=O) groups excluding carboxylic acids is 1. The monoisotopic (exact) mass is 318 g/mol. The lowest BCUT2D eigenvalue weighted by Gasteiger charge is -2.33. The van der Waals surface area contributed by atoms with E-state index < -0.39 is 0 Å². The minimum atomic E-state index is -0.275. The van der Waals surface area contributed by atoms with Gasteiger partial charge < -0.3 is 4.90 Å². The average Bonchev–Trinajstić information content (AvgIpc) is 2.90. The summed E-state index contributed by atoms with van der Waals surface area (Å²) in [6, 6.07) is 6.51. The maximum Gasteiger partial charge on any atom is 0.274 e. The normalized spacial score (nSPS) is 18.5. The Balaban J connectivity index is 1.97. The number of halogens is 1. The highest BCUT2D eigenvalue weighted by atomic mass is 32.1. The van der Waals surface area contributed by atoms with Crippen LogP contribution in [-0.4, -0.2) is 28.4 Å². The number of thiazole rings is 1. The molecule has 2 aromatic rings. The molecule has 2 heterocycles. The van der Waals surface area contributed by atoms with Crippen LogP contribution in [0, 0.1) is 12.7 Å². The molecule has 0 bridgehead atoms. The minimum absolute atomic E-state index is 0.00382. The van der Waals surface area contributed by atoms with Crippen molar-refractivity contribution < 1.29 is 9.18 Å². The van der Waals surface area contributed by atoms with E-state index in [1.165, 1.54) is 29.9 Å². The fourth-order valence-corrected chi connectivity index (χ4v) is 3.82. The van der Waals surface area contributed by atoms with Gasteiger partial charge in [-0.2, -0.15) is 0 Å². The van der Waals surface area contributed by atoms with Crippen molar-refractivity contribution in [2.75, 3.05) is 6.54 Å². The van der Waals surface area contributed by atoms with Gasteiger partial charge in [0, 0.05) is 12.6 Å². The Kier molecular flexibility index (Phi) is 4.25. The lowest BCUT2D eigenvalue weighted by molar-refractivity contribution is 0.0631. The molecule has 0 aliphatic carbocycles. The summed E-state index contributed by atoms with van der Waals surface area (Å²) >= 11 is 1.49. The third-order valence-electron chi connectivity index (χ3n) is 4.11. The van der Waals surface area contributed by atoms with Gasteiger partial charge in [0.05, 0.1) is 9.88 Å². The number of aromatic nitrogens is 1. The number of carbonyl (C=O) groups is 1. The molecular weight excluding hydrogens is 299 g/mol. The molecule has 0 N–H and O–H groups in total. The maximum absolute atomic E-state index is 13.1.